The van der Waals surface area contributed by atoms with Gasteiger partial charge in [-0.05, 0) is 18.6 Å². The number of benzene rings is 1. The standard InChI is InChI=1S/C14H18N4/c1-11(12-5-3-2-4-6-12)18-14(9-15)13-7-8-16-10-17-13/h2-8,10-11,14,18H,9,15H2,1H3. The Hall–Kier alpha value is -1.78. The molecule has 1 heterocycles. The molecular weight excluding hydrogens is 224 g/mol. The van der Waals surface area contributed by atoms with E-state index < -0.39 is 0 Å². The van der Waals surface area contributed by atoms with E-state index in [1.54, 1.807) is 12.5 Å². The van der Waals surface area contributed by atoms with Crippen molar-refractivity contribution in [1.82, 2.24) is 15.3 Å². The minimum atomic E-state index is 0.0446. The third-order valence-corrected chi connectivity index (χ3v) is 2.95. The van der Waals surface area contributed by atoms with E-state index in [4.69, 9.17) is 5.73 Å². The van der Waals surface area contributed by atoms with Crippen LogP contribution in [-0.2, 0) is 0 Å². The fourth-order valence-electron chi connectivity index (χ4n) is 1.92. The lowest BCUT2D eigenvalue weighted by molar-refractivity contribution is 0.464. The third-order valence-electron chi connectivity index (χ3n) is 2.95. The summed E-state index contributed by atoms with van der Waals surface area (Å²) in [6.07, 6.45) is 3.28. The van der Waals surface area contributed by atoms with E-state index in [2.05, 4.69) is 34.3 Å². The van der Waals surface area contributed by atoms with Crippen molar-refractivity contribution in [3.05, 3.63) is 60.2 Å². The van der Waals surface area contributed by atoms with E-state index in [9.17, 15) is 0 Å². The summed E-state index contributed by atoms with van der Waals surface area (Å²) >= 11 is 0. The quantitative estimate of drug-likeness (QED) is 0.839. The highest BCUT2D eigenvalue weighted by atomic mass is 15.0. The Balaban J connectivity index is 2.07. The van der Waals surface area contributed by atoms with Crippen molar-refractivity contribution in [2.45, 2.75) is 19.0 Å². The van der Waals surface area contributed by atoms with Gasteiger partial charge in [0.25, 0.3) is 0 Å². The van der Waals surface area contributed by atoms with Crippen molar-refractivity contribution in [3.63, 3.8) is 0 Å². The van der Waals surface area contributed by atoms with E-state index in [0.29, 0.717) is 6.54 Å². The van der Waals surface area contributed by atoms with Gasteiger partial charge in [-0.2, -0.15) is 0 Å². The van der Waals surface area contributed by atoms with Crippen molar-refractivity contribution >= 4 is 0 Å². The van der Waals surface area contributed by atoms with E-state index in [-0.39, 0.29) is 12.1 Å². The van der Waals surface area contributed by atoms with Crippen molar-refractivity contribution in [1.29, 1.82) is 0 Å². The Kier molecular flexibility index (Phi) is 4.39. The molecule has 4 nitrogen and oxygen atoms in total. The van der Waals surface area contributed by atoms with Crippen LogP contribution >= 0.6 is 0 Å². The fraction of sp³-hybridized carbons (Fsp3) is 0.286. The molecule has 2 rings (SSSR count). The van der Waals surface area contributed by atoms with Crippen LogP contribution in [0, 0.1) is 0 Å². The number of nitrogens with two attached hydrogens (primary N) is 1. The predicted molar refractivity (Wildman–Crippen MR) is 71.8 cm³/mol. The van der Waals surface area contributed by atoms with Crippen molar-refractivity contribution < 1.29 is 0 Å². The summed E-state index contributed by atoms with van der Waals surface area (Å²) in [6, 6.07) is 12.5. The van der Waals surface area contributed by atoms with Gasteiger partial charge in [-0.15, -0.1) is 0 Å². The SMILES string of the molecule is CC(NC(CN)c1ccncn1)c1ccccc1. The minimum Gasteiger partial charge on any atom is -0.329 e. The van der Waals surface area contributed by atoms with Gasteiger partial charge in [0, 0.05) is 18.8 Å². The van der Waals surface area contributed by atoms with Gasteiger partial charge in [-0.3, -0.25) is 0 Å². The van der Waals surface area contributed by atoms with Gasteiger partial charge in [0.15, 0.2) is 0 Å². The number of rotatable bonds is 5. The van der Waals surface area contributed by atoms with Crippen LogP contribution in [0.1, 0.15) is 30.3 Å². The summed E-state index contributed by atoms with van der Waals surface area (Å²) in [7, 11) is 0. The number of aromatic nitrogens is 2. The molecule has 0 saturated heterocycles. The molecule has 94 valence electrons. The summed E-state index contributed by atoms with van der Waals surface area (Å²) in [4.78, 5) is 8.16. The normalized spacial score (nSPS) is 14.1. The molecule has 0 aliphatic rings. The fourth-order valence-corrected chi connectivity index (χ4v) is 1.92. The van der Waals surface area contributed by atoms with Crippen LogP contribution in [0.25, 0.3) is 0 Å². The molecule has 0 spiro atoms. The highest BCUT2D eigenvalue weighted by Crippen LogP contribution is 2.17. The Morgan fingerprint density at radius 2 is 2.00 bits per heavy atom. The van der Waals surface area contributed by atoms with Crippen LogP contribution in [-0.4, -0.2) is 16.5 Å². The third kappa shape index (κ3) is 3.12. The second-order valence-corrected chi connectivity index (χ2v) is 4.22. The Morgan fingerprint density at radius 3 is 2.61 bits per heavy atom. The molecule has 2 atom stereocenters. The first kappa shape index (κ1) is 12.7. The van der Waals surface area contributed by atoms with E-state index in [0.717, 1.165) is 5.69 Å². The monoisotopic (exact) mass is 242 g/mol. The highest BCUT2D eigenvalue weighted by Gasteiger charge is 2.14. The van der Waals surface area contributed by atoms with Crippen LogP contribution in [0.3, 0.4) is 0 Å². The molecule has 0 saturated carbocycles. The zero-order valence-corrected chi connectivity index (χ0v) is 10.5. The first-order valence-corrected chi connectivity index (χ1v) is 6.08. The number of nitrogens with zero attached hydrogens (tertiary/aromatic N) is 2. The topological polar surface area (TPSA) is 63.8 Å². The maximum atomic E-state index is 5.81. The molecule has 0 bridgehead atoms. The number of hydrogen-bond acceptors (Lipinski definition) is 4. The maximum Gasteiger partial charge on any atom is 0.115 e. The van der Waals surface area contributed by atoms with Crippen molar-refractivity contribution in [3.8, 4) is 0 Å². The van der Waals surface area contributed by atoms with Crippen molar-refractivity contribution in [2.24, 2.45) is 5.73 Å². The highest BCUT2D eigenvalue weighted by molar-refractivity contribution is 5.19. The lowest BCUT2D eigenvalue weighted by atomic mass is 10.1. The lowest BCUT2D eigenvalue weighted by Gasteiger charge is -2.21. The average Bonchev–Trinajstić information content (AvgIpc) is 2.46. The zero-order chi connectivity index (χ0) is 12.8. The van der Waals surface area contributed by atoms with E-state index in [1.165, 1.54) is 5.56 Å². The van der Waals surface area contributed by atoms with Crippen LogP contribution in [0.5, 0.6) is 0 Å². The summed E-state index contributed by atoms with van der Waals surface area (Å²) in [5.41, 5.74) is 7.98. The molecule has 1 aromatic heterocycles. The molecule has 0 fully saturated rings. The Bertz CT molecular complexity index is 458. The van der Waals surface area contributed by atoms with Gasteiger partial charge in [0.05, 0.1) is 11.7 Å². The van der Waals surface area contributed by atoms with Gasteiger partial charge in [-0.25, -0.2) is 9.97 Å². The van der Waals surface area contributed by atoms with E-state index >= 15 is 0 Å². The summed E-state index contributed by atoms with van der Waals surface area (Å²) < 4.78 is 0. The van der Waals surface area contributed by atoms with Crippen LogP contribution < -0.4 is 11.1 Å². The van der Waals surface area contributed by atoms with E-state index in [1.807, 2.05) is 24.3 Å². The van der Waals surface area contributed by atoms with Crippen molar-refractivity contribution in [2.75, 3.05) is 6.54 Å². The van der Waals surface area contributed by atoms with Crippen LogP contribution in [0.4, 0.5) is 0 Å². The number of hydrogen-bond donors (Lipinski definition) is 2. The molecule has 0 amide bonds. The molecule has 4 heteroatoms. The largest absolute Gasteiger partial charge is 0.329 e. The molecule has 1 aromatic carbocycles. The summed E-state index contributed by atoms with van der Waals surface area (Å²) in [5.74, 6) is 0. The molecular formula is C14H18N4. The minimum absolute atomic E-state index is 0.0446. The first-order valence-electron chi connectivity index (χ1n) is 6.08. The molecule has 0 radical (unpaired) electrons. The predicted octanol–water partition coefficient (Wildman–Crippen LogP) is 1.83. The van der Waals surface area contributed by atoms with Crippen LogP contribution in [0.2, 0.25) is 0 Å². The Labute approximate surface area is 107 Å². The molecule has 2 aromatic rings. The molecule has 18 heavy (non-hydrogen) atoms. The second kappa shape index (κ2) is 6.23. The van der Waals surface area contributed by atoms with Gasteiger partial charge >= 0.3 is 0 Å². The second-order valence-electron chi connectivity index (χ2n) is 4.22. The summed E-state index contributed by atoms with van der Waals surface area (Å²) in [6.45, 7) is 2.63. The molecule has 0 aliphatic carbocycles. The smallest absolute Gasteiger partial charge is 0.115 e. The van der Waals surface area contributed by atoms with Gasteiger partial charge < -0.3 is 11.1 Å². The van der Waals surface area contributed by atoms with Gasteiger partial charge in [0.2, 0.25) is 0 Å². The molecule has 0 aliphatic heterocycles. The number of nitrogens with one attached hydrogen (secondary N) is 1. The summed E-state index contributed by atoms with van der Waals surface area (Å²) in [5, 5.41) is 3.48. The van der Waals surface area contributed by atoms with Crippen LogP contribution in [0.15, 0.2) is 48.9 Å². The Morgan fingerprint density at radius 1 is 1.22 bits per heavy atom. The molecule has 3 N–H and O–H groups in total. The average molecular weight is 242 g/mol. The van der Waals surface area contributed by atoms with Gasteiger partial charge in [-0.1, -0.05) is 30.3 Å². The molecule has 2 unspecified atom stereocenters. The lowest BCUT2D eigenvalue weighted by Crippen LogP contribution is -2.31. The first-order chi connectivity index (χ1) is 8.81. The zero-order valence-electron chi connectivity index (χ0n) is 10.5. The maximum absolute atomic E-state index is 5.81. The van der Waals surface area contributed by atoms with Gasteiger partial charge in [0.1, 0.15) is 6.33 Å².